The predicted octanol–water partition coefficient (Wildman–Crippen LogP) is 5.87. The Labute approximate surface area is 130 Å². The standard InChI is InChI=1S/C21H17N/c1-12-21(2,3)18-11-17-14-8-5-4-7-13(14)15-9-6-10-16(19(15)17)20(18)22-12/h4-11H,1-3H3. The van der Waals surface area contributed by atoms with Crippen molar-refractivity contribution in [1.82, 2.24) is 0 Å². The first kappa shape index (κ1) is 12.2. The van der Waals surface area contributed by atoms with Gasteiger partial charge in [0.25, 0.3) is 0 Å². The fraction of sp³-hybridized carbons (Fsp3) is 0.190. The highest BCUT2D eigenvalue weighted by Gasteiger charge is 2.35. The highest BCUT2D eigenvalue weighted by Crippen LogP contribution is 2.53. The van der Waals surface area contributed by atoms with Gasteiger partial charge in [-0.05, 0) is 46.2 Å². The average molecular weight is 283 g/mol. The Bertz CT molecular complexity index is 1010. The largest absolute Gasteiger partial charge is 0.256 e. The summed E-state index contributed by atoms with van der Waals surface area (Å²) in [4.78, 5) is 4.92. The van der Waals surface area contributed by atoms with Crippen molar-refractivity contribution in [2.45, 2.75) is 26.2 Å². The van der Waals surface area contributed by atoms with Gasteiger partial charge in [-0.1, -0.05) is 56.3 Å². The summed E-state index contributed by atoms with van der Waals surface area (Å²) < 4.78 is 0. The van der Waals surface area contributed by atoms with Gasteiger partial charge in [0, 0.05) is 16.5 Å². The molecular formula is C21H17N. The van der Waals surface area contributed by atoms with Gasteiger partial charge in [-0.3, -0.25) is 4.99 Å². The lowest BCUT2D eigenvalue weighted by atomic mass is 9.80. The van der Waals surface area contributed by atoms with Gasteiger partial charge in [0.1, 0.15) is 0 Å². The summed E-state index contributed by atoms with van der Waals surface area (Å²) in [5, 5.41) is 2.67. The molecule has 22 heavy (non-hydrogen) atoms. The number of hydrogen-bond donors (Lipinski definition) is 0. The van der Waals surface area contributed by atoms with Gasteiger partial charge in [-0.15, -0.1) is 0 Å². The summed E-state index contributed by atoms with van der Waals surface area (Å²) in [5.74, 6) is 0. The first-order valence-electron chi connectivity index (χ1n) is 7.85. The van der Waals surface area contributed by atoms with Crippen molar-refractivity contribution in [3.63, 3.8) is 0 Å². The Hall–Kier alpha value is -2.41. The molecule has 0 saturated heterocycles. The van der Waals surface area contributed by atoms with E-state index in [-0.39, 0.29) is 5.41 Å². The summed E-state index contributed by atoms with van der Waals surface area (Å²) in [5.41, 5.74) is 9.20. The zero-order chi connectivity index (χ0) is 15.1. The van der Waals surface area contributed by atoms with Crippen LogP contribution in [-0.4, -0.2) is 5.71 Å². The van der Waals surface area contributed by atoms with Crippen LogP contribution in [0.2, 0.25) is 0 Å². The van der Waals surface area contributed by atoms with E-state index in [0.29, 0.717) is 0 Å². The van der Waals surface area contributed by atoms with Crippen LogP contribution in [0.5, 0.6) is 0 Å². The molecule has 0 N–H and O–H groups in total. The Morgan fingerprint density at radius 3 is 2.27 bits per heavy atom. The first-order chi connectivity index (χ1) is 10.6. The molecule has 1 aliphatic heterocycles. The molecule has 1 heterocycles. The molecule has 3 aromatic carbocycles. The highest BCUT2D eigenvalue weighted by atomic mass is 14.8. The molecule has 0 spiro atoms. The zero-order valence-corrected chi connectivity index (χ0v) is 13.1. The van der Waals surface area contributed by atoms with Crippen molar-refractivity contribution >= 4 is 22.2 Å². The minimum Gasteiger partial charge on any atom is -0.256 e. The predicted molar refractivity (Wildman–Crippen MR) is 94.2 cm³/mol. The Morgan fingerprint density at radius 2 is 1.50 bits per heavy atom. The SMILES string of the molecule is CC1=Nc2c(cc3c4c(cccc24)-c2ccccc2-3)C1(C)C. The summed E-state index contributed by atoms with van der Waals surface area (Å²) in [6.07, 6.45) is 0. The molecule has 1 heteroatoms. The second-order valence-corrected chi connectivity index (χ2v) is 6.92. The van der Waals surface area contributed by atoms with Gasteiger partial charge in [-0.2, -0.15) is 0 Å². The van der Waals surface area contributed by atoms with Crippen molar-refractivity contribution in [3.05, 3.63) is 54.1 Å². The van der Waals surface area contributed by atoms with Crippen molar-refractivity contribution < 1.29 is 0 Å². The summed E-state index contributed by atoms with van der Waals surface area (Å²) >= 11 is 0. The Balaban J connectivity index is 2.01. The van der Waals surface area contributed by atoms with E-state index in [1.54, 1.807) is 0 Å². The van der Waals surface area contributed by atoms with E-state index in [9.17, 15) is 0 Å². The number of hydrogen-bond acceptors (Lipinski definition) is 1. The van der Waals surface area contributed by atoms with Crippen LogP contribution in [0.4, 0.5) is 5.69 Å². The van der Waals surface area contributed by atoms with Crippen LogP contribution in [-0.2, 0) is 5.41 Å². The van der Waals surface area contributed by atoms with Crippen LogP contribution >= 0.6 is 0 Å². The molecule has 0 radical (unpaired) electrons. The Kier molecular flexibility index (Phi) is 2.03. The van der Waals surface area contributed by atoms with Crippen LogP contribution in [0.25, 0.3) is 33.0 Å². The Morgan fingerprint density at radius 1 is 0.818 bits per heavy atom. The van der Waals surface area contributed by atoms with Gasteiger partial charge in [-0.25, -0.2) is 0 Å². The van der Waals surface area contributed by atoms with Crippen molar-refractivity contribution in [1.29, 1.82) is 0 Å². The second kappa shape index (κ2) is 3.67. The van der Waals surface area contributed by atoms with Crippen molar-refractivity contribution in [2.75, 3.05) is 0 Å². The molecule has 0 atom stereocenters. The highest BCUT2D eigenvalue weighted by molar-refractivity contribution is 6.20. The van der Waals surface area contributed by atoms with E-state index < -0.39 is 0 Å². The molecule has 106 valence electrons. The van der Waals surface area contributed by atoms with E-state index in [1.807, 2.05) is 0 Å². The van der Waals surface area contributed by atoms with Gasteiger partial charge in [0.05, 0.1) is 5.69 Å². The topological polar surface area (TPSA) is 12.4 Å². The molecule has 0 bridgehead atoms. The molecule has 2 aliphatic rings. The molecule has 5 rings (SSSR count). The van der Waals surface area contributed by atoms with Crippen LogP contribution in [0.15, 0.2) is 53.5 Å². The maximum absolute atomic E-state index is 4.92. The number of aliphatic imine (C=N–C) groups is 1. The van der Waals surface area contributed by atoms with Gasteiger partial charge >= 0.3 is 0 Å². The normalized spacial score (nSPS) is 16.6. The molecule has 0 aromatic heterocycles. The third-order valence-electron chi connectivity index (χ3n) is 5.50. The zero-order valence-electron chi connectivity index (χ0n) is 13.1. The molecule has 1 nitrogen and oxygen atoms in total. The summed E-state index contributed by atoms with van der Waals surface area (Å²) in [6.45, 7) is 6.71. The molecule has 3 aromatic rings. The van der Waals surface area contributed by atoms with E-state index in [1.165, 1.54) is 50.0 Å². The van der Waals surface area contributed by atoms with Crippen LogP contribution in [0, 0.1) is 0 Å². The fourth-order valence-corrected chi connectivity index (χ4v) is 3.96. The number of nitrogens with zero attached hydrogens (tertiary/aromatic N) is 1. The maximum atomic E-state index is 4.92. The lowest BCUT2D eigenvalue weighted by Gasteiger charge is -2.21. The third kappa shape index (κ3) is 1.24. The lowest BCUT2D eigenvalue weighted by molar-refractivity contribution is 0.734. The molecule has 0 saturated carbocycles. The number of fused-ring (bicyclic) bond motifs is 5. The van der Waals surface area contributed by atoms with E-state index >= 15 is 0 Å². The van der Waals surface area contributed by atoms with Crippen LogP contribution in [0.1, 0.15) is 26.3 Å². The molecule has 0 unspecified atom stereocenters. The number of benzene rings is 3. The quantitative estimate of drug-likeness (QED) is 0.382. The van der Waals surface area contributed by atoms with Crippen molar-refractivity contribution in [3.8, 4) is 22.3 Å². The molecule has 0 amide bonds. The summed E-state index contributed by atoms with van der Waals surface area (Å²) in [6, 6.07) is 17.8. The van der Waals surface area contributed by atoms with Crippen LogP contribution < -0.4 is 0 Å². The van der Waals surface area contributed by atoms with E-state index in [0.717, 1.165) is 0 Å². The average Bonchev–Trinajstić information content (AvgIpc) is 2.96. The minimum absolute atomic E-state index is 0.0214. The van der Waals surface area contributed by atoms with E-state index in [4.69, 9.17) is 4.99 Å². The van der Waals surface area contributed by atoms with Gasteiger partial charge in [0.2, 0.25) is 0 Å². The number of rotatable bonds is 0. The minimum atomic E-state index is 0.0214. The van der Waals surface area contributed by atoms with E-state index in [2.05, 4.69) is 69.3 Å². The first-order valence-corrected chi connectivity index (χ1v) is 7.85. The molecular weight excluding hydrogens is 266 g/mol. The monoisotopic (exact) mass is 283 g/mol. The van der Waals surface area contributed by atoms with Gasteiger partial charge < -0.3 is 0 Å². The van der Waals surface area contributed by atoms with Gasteiger partial charge in [0.15, 0.2) is 0 Å². The summed E-state index contributed by atoms with van der Waals surface area (Å²) in [7, 11) is 0. The maximum Gasteiger partial charge on any atom is 0.0749 e. The second-order valence-electron chi connectivity index (χ2n) is 6.92. The smallest absolute Gasteiger partial charge is 0.0749 e. The van der Waals surface area contributed by atoms with Crippen LogP contribution in [0.3, 0.4) is 0 Å². The third-order valence-corrected chi connectivity index (χ3v) is 5.50. The van der Waals surface area contributed by atoms with Crippen molar-refractivity contribution in [2.24, 2.45) is 4.99 Å². The molecule has 1 aliphatic carbocycles. The molecule has 0 fully saturated rings. The lowest BCUT2D eigenvalue weighted by Crippen LogP contribution is -2.22. The fourth-order valence-electron chi connectivity index (χ4n) is 3.96.